The van der Waals surface area contributed by atoms with Gasteiger partial charge in [0.2, 0.25) is 0 Å². The van der Waals surface area contributed by atoms with Crippen molar-refractivity contribution in [2.45, 2.75) is 0 Å². The molecule has 0 bridgehead atoms. The van der Waals surface area contributed by atoms with Crippen molar-refractivity contribution < 1.29 is 9.90 Å². The van der Waals surface area contributed by atoms with Crippen molar-refractivity contribution in [3.8, 4) is 0 Å². The molecule has 0 saturated heterocycles. The van der Waals surface area contributed by atoms with Crippen molar-refractivity contribution in [1.29, 1.82) is 0 Å². The first-order chi connectivity index (χ1) is 6.33. The highest BCUT2D eigenvalue weighted by molar-refractivity contribution is 6.02. The smallest absolute Gasteiger partial charge is 0.169 e. The summed E-state index contributed by atoms with van der Waals surface area (Å²) < 4.78 is 0. The number of carbonyl (C=O) groups excluding carboxylic acids is 1. The third-order valence-electron chi connectivity index (χ3n) is 3.44. The van der Waals surface area contributed by atoms with Crippen molar-refractivity contribution in [3.05, 3.63) is 36.1 Å². The van der Waals surface area contributed by atoms with Crippen LogP contribution in [0.4, 0.5) is 0 Å². The normalized spacial score (nSPS) is 48.0. The van der Waals surface area contributed by atoms with Crippen molar-refractivity contribution in [3.63, 3.8) is 0 Å². The molecule has 0 radical (unpaired) electrons. The second kappa shape index (κ2) is 2.13. The van der Waals surface area contributed by atoms with E-state index in [2.05, 4.69) is 18.2 Å². The predicted molar refractivity (Wildman–Crippen MR) is 48.0 cm³/mol. The second-order valence-electron chi connectivity index (χ2n) is 3.92. The van der Waals surface area contributed by atoms with Crippen LogP contribution in [0, 0.1) is 23.7 Å². The Bertz CT molecular complexity index is 362. The second-order valence-corrected chi connectivity index (χ2v) is 3.92. The average molecular weight is 174 g/mol. The van der Waals surface area contributed by atoms with E-state index in [0.29, 0.717) is 17.4 Å². The van der Waals surface area contributed by atoms with Gasteiger partial charge in [-0.15, -0.1) is 0 Å². The summed E-state index contributed by atoms with van der Waals surface area (Å²) in [7, 11) is 0. The molecule has 0 aliphatic heterocycles. The van der Waals surface area contributed by atoms with Crippen LogP contribution < -0.4 is 0 Å². The number of aliphatic hydroxyl groups is 1. The topological polar surface area (TPSA) is 37.3 Å². The number of carbonyl (C=O) groups is 1. The molecule has 0 aromatic heterocycles. The molecule has 2 heteroatoms. The molecule has 0 heterocycles. The van der Waals surface area contributed by atoms with Crippen LogP contribution in [0.3, 0.4) is 0 Å². The summed E-state index contributed by atoms with van der Waals surface area (Å²) in [5.74, 6) is 1.12. The lowest BCUT2D eigenvalue weighted by Crippen LogP contribution is -2.12. The number of aliphatic hydroxyl groups excluding tert-OH is 1. The minimum absolute atomic E-state index is 0.0309. The number of ketones is 1. The van der Waals surface area contributed by atoms with Gasteiger partial charge in [-0.2, -0.15) is 0 Å². The number of rotatable bonds is 0. The van der Waals surface area contributed by atoms with Crippen LogP contribution in [0.1, 0.15) is 0 Å². The molecule has 0 aromatic rings. The third-order valence-corrected chi connectivity index (χ3v) is 3.44. The lowest BCUT2D eigenvalue weighted by atomic mass is 9.89. The quantitative estimate of drug-likeness (QED) is 0.344. The monoisotopic (exact) mass is 174 g/mol. The van der Waals surface area contributed by atoms with Crippen LogP contribution in [-0.2, 0) is 4.79 Å². The largest absolute Gasteiger partial charge is 0.515 e. The molecule has 66 valence electrons. The van der Waals surface area contributed by atoms with E-state index in [-0.39, 0.29) is 17.6 Å². The van der Waals surface area contributed by atoms with E-state index in [9.17, 15) is 4.79 Å². The van der Waals surface area contributed by atoms with Gasteiger partial charge in [0.05, 0.1) is 6.26 Å². The van der Waals surface area contributed by atoms with Crippen LogP contribution in [0.2, 0.25) is 0 Å². The van der Waals surface area contributed by atoms with Gasteiger partial charge in [-0.1, -0.05) is 24.3 Å². The number of Topliss-reactive ketones (excluding diaryl/α,β-unsaturated/α-hetero) is 1. The van der Waals surface area contributed by atoms with Crippen molar-refractivity contribution in [2.24, 2.45) is 23.7 Å². The summed E-state index contributed by atoms with van der Waals surface area (Å²) in [5.41, 5.74) is 0.595. The molecule has 0 spiro atoms. The van der Waals surface area contributed by atoms with Crippen LogP contribution in [0.25, 0.3) is 0 Å². The maximum Gasteiger partial charge on any atom is 0.169 e. The molecular formula is C11H10O2. The fourth-order valence-electron chi connectivity index (χ4n) is 2.86. The number of allylic oxidation sites excluding steroid dienone is 5. The van der Waals surface area contributed by atoms with Gasteiger partial charge >= 0.3 is 0 Å². The van der Waals surface area contributed by atoms with Gasteiger partial charge in [-0.05, 0) is 11.8 Å². The lowest BCUT2D eigenvalue weighted by Gasteiger charge is -2.12. The highest BCUT2D eigenvalue weighted by Gasteiger charge is 2.51. The minimum Gasteiger partial charge on any atom is -0.515 e. The highest BCUT2D eigenvalue weighted by atomic mass is 16.2. The molecule has 1 saturated carbocycles. The molecule has 2 nitrogen and oxygen atoms in total. The van der Waals surface area contributed by atoms with E-state index in [0.717, 1.165) is 6.26 Å². The zero-order valence-corrected chi connectivity index (χ0v) is 7.05. The van der Waals surface area contributed by atoms with E-state index >= 15 is 0 Å². The Morgan fingerprint density at radius 2 is 1.85 bits per heavy atom. The summed E-state index contributed by atoms with van der Waals surface area (Å²) in [5, 5.41) is 8.97. The van der Waals surface area contributed by atoms with Gasteiger partial charge in [0.25, 0.3) is 0 Å². The Hall–Kier alpha value is -1.31. The number of hydrogen-bond donors (Lipinski definition) is 1. The van der Waals surface area contributed by atoms with Crippen LogP contribution >= 0.6 is 0 Å². The molecule has 1 fully saturated rings. The third kappa shape index (κ3) is 0.671. The highest BCUT2D eigenvalue weighted by Crippen LogP contribution is 2.52. The van der Waals surface area contributed by atoms with Crippen molar-refractivity contribution >= 4 is 5.78 Å². The fourth-order valence-corrected chi connectivity index (χ4v) is 2.86. The van der Waals surface area contributed by atoms with E-state index in [1.807, 2.05) is 6.08 Å². The fraction of sp³-hybridized carbons (Fsp3) is 0.364. The molecule has 3 aliphatic carbocycles. The van der Waals surface area contributed by atoms with Gasteiger partial charge in [0.1, 0.15) is 0 Å². The van der Waals surface area contributed by atoms with Crippen LogP contribution in [-0.4, -0.2) is 10.9 Å². The Balaban J connectivity index is 2.14. The van der Waals surface area contributed by atoms with Crippen LogP contribution in [0.5, 0.6) is 0 Å². The van der Waals surface area contributed by atoms with Crippen molar-refractivity contribution in [2.75, 3.05) is 0 Å². The lowest BCUT2D eigenvalue weighted by molar-refractivity contribution is -0.117. The van der Waals surface area contributed by atoms with Crippen molar-refractivity contribution in [1.82, 2.24) is 0 Å². The Morgan fingerprint density at radius 1 is 1.15 bits per heavy atom. The molecule has 4 atom stereocenters. The Labute approximate surface area is 76.3 Å². The Morgan fingerprint density at radius 3 is 2.54 bits per heavy atom. The van der Waals surface area contributed by atoms with Gasteiger partial charge in [0, 0.05) is 17.4 Å². The summed E-state index contributed by atoms with van der Waals surface area (Å²) in [6.07, 6.45) is 9.29. The van der Waals surface area contributed by atoms with E-state index in [1.165, 1.54) is 0 Å². The molecule has 0 amide bonds. The number of hydrogen-bond acceptors (Lipinski definition) is 2. The molecule has 0 aromatic carbocycles. The summed E-state index contributed by atoms with van der Waals surface area (Å²) in [6, 6.07) is 0. The zero-order chi connectivity index (χ0) is 9.00. The van der Waals surface area contributed by atoms with Gasteiger partial charge in [0.15, 0.2) is 5.78 Å². The zero-order valence-electron chi connectivity index (χ0n) is 7.05. The van der Waals surface area contributed by atoms with Gasteiger partial charge in [-0.25, -0.2) is 0 Å². The summed E-state index contributed by atoms with van der Waals surface area (Å²) >= 11 is 0. The molecule has 3 aliphatic rings. The van der Waals surface area contributed by atoms with Gasteiger partial charge < -0.3 is 5.11 Å². The first-order valence-corrected chi connectivity index (χ1v) is 4.58. The molecule has 1 N–H and O–H groups in total. The van der Waals surface area contributed by atoms with E-state index in [4.69, 9.17) is 5.11 Å². The first-order valence-electron chi connectivity index (χ1n) is 4.58. The maximum absolute atomic E-state index is 11.7. The average Bonchev–Trinajstić information content (AvgIpc) is 2.71. The maximum atomic E-state index is 11.7. The predicted octanol–water partition coefficient (Wildman–Crippen LogP) is 1.62. The molecule has 13 heavy (non-hydrogen) atoms. The first kappa shape index (κ1) is 7.13. The molecular weight excluding hydrogens is 164 g/mol. The molecule has 3 rings (SSSR count). The van der Waals surface area contributed by atoms with Gasteiger partial charge in [-0.3, -0.25) is 4.79 Å². The minimum atomic E-state index is 0.0309. The van der Waals surface area contributed by atoms with E-state index < -0.39 is 0 Å². The van der Waals surface area contributed by atoms with Crippen LogP contribution in [0.15, 0.2) is 36.1 Å². The summed E-state index contributed by atoms with van der Waals surface area (Å²) in [4.78, 5) is 11.7. The summed E-state index contributed by atoms with van der Waals surface area (Å²) in [6.45, 7) is 0. The standard InChI is InChI=1S/C11H10O2/c12-5-9-7-3-1-6-2-4-8(10(6)7)11(9)13/h1-8,10,12H/b9-5-/t6-,7+,8-,10-/m1/s1. The van der Waals surface area contributed by atoms with E-state index in [1.54, 1.807) is 0 Å². The Kier molecular flexibility index (Phi) is 1.17. The molecule has 0 unspecified atom stereocenters. The SMILES string of the molecule is O=C1/C(=C\O)[C@@H]2C=C[C@@H]3C=C[C@@H]1[C@H]32.